The Hall–Kier alpha value is -1.84. The number of hydrogen-bond acceptors (Lipinski definition) is 3. The highest BCUT2D eigenvalue weighted by atomic mass is 16.5. The van der Waals surface area contributed by atoms with Crippen molar-refractivity contribution in [2.75, 3.05) is 11.4 Å². The SMILES string of the molecule is CCCCN1C(=O)C(C)Oc2ccc(C=O)cc21. The number of carbonyl (C=O) groups excluding carboxylic acids is 2. The molecule has 1 atom stereocenters. The summed E-state index contributed by atoms with van der Waals surface area (Å²) in [7, 11) is 0. The van der Waals surface area contributed by atoms with Gasteiger partial charge in [0.2, 0.25) is 0 Å². The molecule has 4 heteroatoms. The lowest BCUT2D eigenvalue weighted by Crippen LogP contribution is -2.44. The van der Waals surface area contributed by atoms with E-state index in [-0.39, 0.29) is 5.91 Å². The molecule has 0 spiro atoms. The van der Waals surface area contributed by atoms with Gasteiger partial charge in [0.15, 0.2) is 6.10 Å². The largest absolute Gasteiger partial charge is 0.479 e. The maximum atomic E-state index is 12.1. The number of aldehydes is 1. The molecule has 1 aliphatic heterocycles. The Morgan fingerprint density at radius 1 is 1.44 bits per heavy atom. The monoisotopic (exact) mass is 247 g/mol. The summed E-state index contributed by atoms with van der Waals surface area (Å²) in [6.45, 7) is 4.49. The molecule has 96 valence electrons. The van der Waals surface area contributed by atoms with Gasteiger partial charge in [0, 0.05) is 12.1 Å². The molecule has 0 aromatic heterocycles. The predicted molar refractivity (Wildman–Crippen MR) is 69.2 cm³/mol. The lowest BCUT2D eigenvalue weighted by Gasteiger charge is -2.33. The molecule has 1 unspecified atom stereocenters. The first kappa shape index (κ1) is 12.6. The number of hydrogen-bond donors (Lipinski definition) is 0. The van der Waals surface area contributed by atoms with Gasteiger partial charge in [0.05, 0.1) is 5.69 Å². The van der Waals surface area contributed by atoms with Crippen molar-refractivity contribution in [2.45, 2.75) is 32.8 Å². The summed E-state index contributed by atoms with van der Waals surface area (Å²) >= 11 is 0. The number of ether oxygens (including phenoxy) is 1. The maximum Gasteiger partial charge on any atom is 0.267 e. The van der Waals surface area contributed by atoms with Crippen LogP contribution in [0.3, 0.4) is 0 Å². The van der Waals surface area contributed by atoms with Gasteiger partial charge in [0.1, 0.15) is 12.0 Å². The second-order valence-corrected chi connectivity index (χ2v) is 4.45. The van der Waals surface area contributed by atoms with Gasteiger partial charge in [0.25, 0.3) is 5.91 Å². The van der Waals surface area contributed by atoms with Gasteiger partial charge in [-0.15, -0.1) is 0 Å². The molecule has 0 radical (unpaired) electrons. The van der Waals surface area contributed by atoms with Crippen molar-refractivity contribution in [3.8, 4) is 5.75 Å². The van der Waals surface area contributed by atoms with Crippen LogP contribution in [-0.2, 0) is 4.79 Å². The van der Waals surface area contributed by atoms with E-state index < -0.39 is 6.10 Å². The van der Waals surface area contributed by atoms with Crippen molar-refractivity contribution in [1.82, 2.24) is 0 Å². The molecule has 0 saturated heterocycles. The minimum atomic E-state index is -0.462. The smallest absolute Gasteiger partial charge is 0.267 e. The van der Waals surface area contributed by atoms with Crippen molar-refractivity contribution in [3.05, 3.63) is 23.8 Å². The van der Waals surface area contributed by atoms with Gasteiger partial charge >= 0.3 is 0 Å². The van der Waals surface area contributed by atoms with Crippen LogP contribution in [0.1, 0.15) is 37.0 Å². The third-order valence-corrected chi connectivity index (χ3v) is 3.06. The van der Waals surface area contributed by atoms with Gasteiger partial charge in [-0.25, -0.2) is 0 Å². The summed E-state index contributed by atoms with van der Waals surface area (Å²) in [4.78, 5) is 24.6. The molecular formula is C14H17NO3. The fraction of sp³-hybridized carbons (Fsp3) is 0.429. The van der Waals surface area contributed by atoms with Crippen LogP contribution in [0, 0.1) is 0 Å². The third-order valence-electron chi connectivity index (χ3n) is 3.06. The zero-order valence-electron chi connectivity index (χ0n) is 10.7. The molecular weight excluding hydrogens is 230 g/mol. The van der Waals surface area contributed by atoms with Gasteiger partial charge < -0.3 is 9.64 Å². The van der Waals surface area contributed by atoms with Crippen molar-refractivity contribution in [2.24, 2.45) is 0 Å². The number of anilines is 1. The number of rotatable bonds is 4. The molecule has 1 heterocycles. The van der Waals surface area contributed by atoms with Gasteiger partial charge in [-0.2, -0.15) is 0 Å². The number of benzene rings is 1. The van der Waals surface area contributed by atoms with Crippen LogP contribution in [0.2, 0.25) is 0 Å². The summed E-state index contributed by atoms with van der Waals surface area (Å²) in [5.74, 6) is 0.628. The van der Waals surface area contributed by atoms with E-state index in [0.29, 0.717) is 23.5 Å². The quantitative estimate of drug-likeness (QED) is 0.768. The second kappa shape index (κ2) is 5.21. The lowest BCUT2D eigenvalue weighted by atomic mass is 10.1. The number of amides is 1. The average Bonchev–Trinajstić information content (AvgIpc) is 2.39. The summed E-state index contributed by atoms with van der Waals surface area (Å²) in [5, 5.41) is 0. The van der Waals surface area contributed by atoms with Crippen LogP contribution in [-0.4, -0.2) is 24.8 Å². The molecule has 0 fully saturated rings. The topological polar surface area (TPSA) is 46.6 Å². The first-order valence-corrected chi connectivity index (χ1v) is 6.24. The third kappa shape index (κ3) is 2.23. The van der Waals surface area contributed by atoms with Gasteiger partial charge in [-0.3, -0.25) is 9.59 Å². The van der Waals surface area contributed by atoms with Crippen LogP contribution in [0.15, 0.2) is 18.2 Å². The molecule has 0 saturated carbocycles. The van der Waals surface area contributed by atoms with Crippen LogP contribution in [0.5, 0.6) is 5.75 Å². The minimum absolute atomic E-state index is 0.0426. The van der Waals surface area contributed by atoms with E-state index in [1.54, 1.807) is 30.0 Å². The number of fused-ring (bicyclic) bond motifs is 1. The number of nitrogens with zero attached hydrogens (tertiary/aromatic N) is 1. The Kier molecular flexibility index (Phi) is 3.65. The summed E-state index contributed by atoms with van der Waals surface area (Å²) in [6.07, 6.45) is 2.27. The fourth-order valence-corrected chi connectivity index (χ4v) is 2.04. The maximum absolute atomic E-state index is 12.1. The highest BCUT2D eigenvalue weighted by molar-refractivity contribution is 6.00. The van der Waals surface area contributed by atoms with E-state index in [1.807, 2.05) is 0 Å². The second-order valence-electron chi connectivity index (χ2n) is 4.45. The minimum Gasteiger partial charge on any atom is -0.479 e. The number of carbonyl (C=O) groups is 2. The van der Waals surface area contributed by atoms with Crippen molar-refractivity contribution < 1.29 is 14.3 Å². The van der Waals surface area contributed by atoms with Crippen LogP contribution < -0.4 is 9.64 Å². The van der Waals surface area contributed by atoms with Crippen molar-refractivity contribution in [1.29, 1.82) is 0 Å². The van der Waals surface area contributed by atoms with Crippen molar-refractivity contribution >= 4 is 17.9 Å². The molecule has 1 amide bonds. The van der Waals surface area contributed by atoms with Gasteiger partial charge in [-0.05, 0) is 31.5 Å². The molecule has 1 aromatic rings. The van der Waals surface area contributed by atoms with Gasteiger partial charge in [-0.1, -0.05) is 13.3 Å². The Labute approximate surface area is 107 Å². The Morgan fingerprint density at radius 2 is 2.22 bits per heavy atom. The normalized spacial score (nSPS) is 18.2. The van der Waals surface area contributed by atoms with Crippen LogP contribution >= 0.6 is 0 Å². The highest BCUT2D eigenvalue weighted by Crippen LogP contribution is 2.34. The number of unbranched alkanes of at least 4 members (excludes halogenated alkanes) is 1. The molecule has 1 aromatic carbocycles. The van der Waals surface area contributed by atoms with E-state index >= 15 is 0 Å². The van der Waals surface area contributed by atoms with Crippen molar-refractivity contribution in [3.63, 3.8) is 0 Å². The Morgan fingerprint density at radius 3 is 2.89 bits per heavy atom. The molecule has 0 N–H and O–H groups in total. The summed E-state index contributed by atoms with van der Waals surface area (Å²) in [6, 6.07) is 5.16. The Balaban J connectivity index is 2.39. The molecule has 2 rings (SSSR count). The first-order valence-electron chi connectivity index (χ1n) is 6.24. The molecule has 1 aliphatic rings. The lowest BCUT2D eigenvalue weighted by molar-refractivity contribution is -0.125. The fourth-order valence-electron chi connectivity index (χ4n) is 2.04. The molecule has 0 aliphatic carbocycles. The van der Waals surface area contributed by atoms with E-state index in [9.17, 15) is 9.59 Å². The zero-order chi connectivity index (χ0) is 13.1. The van der Waals surface area contributed by atoms with E-state index in [4.69, 9.17) is 4.74 Å². The molecule has 0 bridgehead atoms. The summed E-state index contributed by atoms with van der Waals surface area (Å²) in [5.41, 5.74) is 1.26. The molecule has 4 nitrogen and oxygen atoms in total. The molecule has 18 heavy (non-hydrogen) atoms. The summed E-state index contributed by atoms with van der Waals surface area (Å²) < 4.78 is 5.55. The van der Waals surface area contributed by atoms with Crippen LogP contribution in [0.4, 0.5) is 5.69 Å². The Bertz CT molecular complexity index is 470. The highest BCUT2D eigenvalue weighted by Gasteiger charge is 2.31. The van der Waals surface area contributed by atoms with E-state index in [2.05, 4.69) is 6.92 Å². The van der Waals surface area contributed by atoms with Crippen LogP contribution in [0.25, 0.3) is 0 Å². The first-order chi connectivity index (χ1) is 8.67. The van der Waals surface area contributed by atoms with E-state index in [1.165, 1.54) is 0 Å². The zero-order valence-corrected chi connectivity index (χ0v) is 10.7. The standard InChI is InChI=1S/C14H17NO3/c1-3-4-7-15-12-8-11(9-16)5-6-13(12)18-10(2)14(15)17/h5-6,8-10H,3-4,7H2,1-2H3. The predicted octanol–water partition coefficient (Wildman–Crippen LogP) is 2.41. The average molecular weight is 247 g/mol. The van der Waals surface area contributed by atoms with E-state index in [0.717, 1.165) is 19.1 Å².